The van der Waals surface area contributed by atoms with Crippen molar-refractivity contribution in [2.45, 2.75) is 71.2 Å². The number of ether oxygens (including phenoxy) is 2. The molecule has 2 amide bonds. The molecule has 0 spiro atoms. The summed E-state index contributed by atoms with van der Waals surface area (Å²) >= 11 is 0. The number of carbonyl (C=O) groups is 2. The number of rotatable bonds is 7. The average Bonchev–Trinajstić information content (AvgIpc) is 3.06. The number of nitrogens with zero attached hydrogens (tertiary/aromatic N) is 1. The van der Waals surface area contributed by atoms with Crippen LogP contribution in [0.2, 0.25) is 0 Å². The van der Waals surface area contributed by atoms with Crippen LogP contribution < -0.4 is 5.32 Å². The summed E-state index contributed by atoms with van der Waals surface area (Å²) in [5, 5.41) is 12.7. The first-order valence-electron chi connectivity index (χ1n) is 11.3. The summed E-state index contributed by atoms with van der Waals surface area (Å²) < 4.78 is 11.1. The predicted molar refractivity (Wildman–Crippen MR) is 126 cm³/mol. The molecule has 1 aliphatic heterocycles. The van der Waals surface area contributed by atoms with Gasteiger partial charge in [-0.05, 0) is 61.9 Å². The maximum Gasteiger partial charge on any atom is 0.410 e. The molecule has 1 heterocycles. The first-order valence-corrected chi connectivity index (χ1v) is 11.3. The van der Waals surface area contributed by atoms with E-state index >= 15 is 0 Å². The number of hydrogen-bond acceptors (Lipinski definition) is 5. The summed E-state index contributed by atoms with van der Waals surface area (Å²) in [4.78, 5) is 26.8. The highest BCUT2D eigenvalue weighted by molar-refractivity contribution is 5.71. The van der Waals surface area contributed by atoms with E-state index in [1.165, 1.54) is 5.56 Å². The Morgan fingerprint density at radius 3 is 2.55 bits per heavy atom. The van der Waals surface area contributed by atoms with Gasteiger partial charge in [0.05, 0.1) is 12.6 Å². The summed E-state index contributed by atoms with van der Waals surface area (Å²) in [6.07, 6.45) is -1.17. The highest BCUT2D eigenvalue weighted by atomic mass is 16.6. The van der Waals surface area contributed by atoms with Crippen LogP contribution in [0.15, 0.2) is 48.5 Å². The van der Waals surface area contributed by atoms with E-state index < -0.39 is 29.9 Å². The Bertz CT molecular complexity index is 983. The van der Waals surface area contributed by atoms with E-state index in [1.807, 2.05) is 18.2 Å². The van der Waals surface area contributed by atoms with Crippen LogP contribution in [-0.4, -0.2) is 46.5 Å². The number of nitrogens with one attached hydrogen (secondary N) is 1. The van der Waals surface area contributed by atoms with E-state index in [0.717, 1.165) is 11.1 Å². The molecule has 33 heavy (non-hydrogen) atoms. The second-order valence-electron chi connectivity index (χ2n) is 9.83. The Labute approximate surface area is 195 Å². The van der Waals surface area contributed by atoms with Gasteiger partial charge in [-0.3, -0.25) is 0 Å². The molecule has 0 aromatic heterocycles. The van der Waals surface area contributed by atoms with Crippen LogP contribution in [0.1, 0.15) is 57.2 Å². The van der Waals surface area contributed by atoms with Gasteiger partial charge in [-0.25, -0.2) is 9.59 Å². The topological polar surface area (TPSA) is 88.1 Å². The first kappa shape index (κ1) is 24.4. The van der Waals surface area contributed by atoms with Crippen LogP contribution in [0.4, 0.5) is 9.59 Å². The minimum absolute atomic E-state index is 0.138. The molecule has 1 aliphatic rings. The molecule has 2 atom stereocenters. The SMILES string of the molecule is CC(C)c1cccc(CN2CC([C@H](Cc3cccc(O)c3)NC(=O)OC(C)(C)C)OC2=O)c1. The lowest BCUT2D eigenvalue weighted by atomic mass is 10.00. The number of benzene rings is 2. The van der Waals surface area contributed by atoms with Gasteiger partial charge in [0.25, 0.3) is 0 Å². The van der Waals surface area contributed by atoms with E-state index in [4.69, 9.17) is 9.47 Å². The van der Waals surface area contributed by atoms with Crippen molar-refractivity contribution in [1.82, 2.24) is 10.2 Å². The van der Waals surface area contributed by atoms with Gasteiger partial charge in [0.15, 0.2) is 0 Å². The molecule has 178 valence electrons. The summed E-state index contributed by atoms with van der Waals surface area (Å²) in [7, 11) is 0. The summed E-state index contributed by atoms with van der Waals surface area (Å²) in [6.45, 7) is 10.4. The maximum atomic E-state index is 12.7. The van der Waals surface area contributed by atoms with Gasteiger partial charge in [0.2, 0.25) is 0 Å². The van der Waals surface area contributed by atoms with Gasteiger partial charge < -0.3 is 24.8 Å². The van der Waals surface area contributed by atoms with Crippen LogP contribution in [0.3, 0.4) is 0 Å². The third-order valence-electron chi connectivity index (χ3n) is 5.42. The molecule has 0 saturated carbocycles. The fourth-order valence-corrected chi connectivity index (χ4v) is 3.81. The molecule has 7 nitrogen and oxygen atoms in total. The highest BCUT2D eigenvalue weighted by Crippen LogP contribution is 2.23. The van der Waals surface area contributed by atoms with Crippen molar-refractivity contribution in [1.29, 1.82) is 0 Å². The predicted octanol–water partition coefficient (Wildman–Crippen LogP) is 4.97. The van der Waals surface area contributed by atoms with E-state index in [9.17, 15) is 14.7 Å². The molecule has 2 N–H and O–H groups in total. The van der Waals surface area contributed by atoms with Gasteiger partial charge in [-0.15, -0.1) is 0 Å². The lowest BCUT2D eigenvalue weighted by Gasteiger charge is -2.26. The number of alkyl carbamates (subject to hydrolysis) is 1. The van der Waals surface area contributed by atoms with Crippen LogP contribution >= 0.6 is 0 Å². The van der Waals surface area contributed by atoms with Crippen LogP contribution in [-0.2, 0) is 22.4 Å². The molecule has 3 rings (SSSR count). The first-order chi connectivity index (χ1) is 15.5. The Morgan fingerprint density at radius 1 is 1.18 bits per heavy atom. The number of amides is 2. The van der Waals surface area contributed by atoms with Crippen molar-refractivity contribution < 1.29 is 24.2 Å². The Kier molecular flexibility index (Phi) is 7.51. The quantitative estimate of drug-likeness (QED) is 0.617. The van der Waals surface area contributed by atoms with Gasteiger partial charge in [0.1, 0.15) is 17.5 Å². The fourth-order valence-electron chi connectivity index (χ4n) is 3.81. The van der Waals surface area contributed by atoms with Crippen molar-refractivity contribution in [3.63, 3.8) is 0 Å². The monoisotopic (exact) mass is 454 g/mol. The largest absolute Gasteiger partial charge is 0.508 e. The summed E-state index contributed by atoms with van der Waals surface area (Å²) in [6, 6.07) is 14.5. The van der Waals surface area contributed by atoms with Gasteiger partial charge in [-0.2, -0.15) is 0 Å². The second kappa shape index (κ2) is 10.1. The highest BCUT2D eigenvalue weighted by Gasteiger charge is 2.38. The molecule has 0 aliphatic carbocycles. The standard InChI is InChI=1S/C26H34N2O5/c1-17(2)20-10-6-9-19(12-20)15-28-16-23(32-25(28)31)22(27-24(30)33-26(3,4)5)14-18-8-7-11-21(29)13-18/h6-13,17,22-23,29H,14-16H2,1-5H3,(H,27,30)/t22-,23?/m0/s1. The lowest BCUT2D eigenvalue weighted by Crippen LogP contribution is -2.48. The van der Waals surface area contributed by atoms with E-state index in [0.29, 0.717) is 25.4 Å². The van der Waals surface area contributed by atoms with Gasteiger partial charge in [0, 0.05) is 6.54 Å². The van der Waals surface area contributed by atoms with E-state index in [1.54, 1.807) is 43.9 Å². The number of aromatic hydroxyl groups is 1. The van der Waals surface area contributed by atoms with Crippen molar-refractivity contribution in [2.75, 3.05) is 6.54 Å². The lowest BCUT2D eigenvalue weighted by molar-refractivity contribution is 0.0436. The Balaban J connectivity index is 1.74. The number of cyclic esters (lactones) is 1. The van der Waals surface area contributed by atoms with Crippen molar-refractivity contribution >= 4 is 12.2 Å². The average molecular weight is 455 g/mol. The van der Waals surface area contributed by atoms with Crippen molar-refractivity contribution in [2.24, 2.45) is 0 Å². The zero-order chi connectivity index (χ0) is 24.2. The zero-order valence-electron chi connectivity index (χ0n) is 20.0. The molecule has 2 aromatic rings. The molecular weight excluding hydrogens is 420 g/mol. The van der Waals surface area contributed by atoms with E-state index in [2.05, 4.69) is 31.3 Å². The molecular formula is C26H34N2O5. The Morgan fingerprint density at radius 2 is 1.88 bits per heavy atom. The third kappa shape index (κ3) is 7.14. The van der Waals surface area contributed by atoms with Crippen LogP contribution in [0.25, 0.3) is 0 Å². The normalized spacial score (nSPS) is 17.1. The molecule has 1 unspecified atom stereocenters. The van der Waals surface area contributed by atoms with E-state index in [-0.39, 0.29) is 5.75 Å². The molecule has 0 radical (unpaired) electrons. The maximum absolute atomic E-state index is 12.7. The fraction of sp³-hybridized carbons (Fsp3) is 0.462. The number of phenols is 1. The van der Waals surface area contributed by atoms with Crippen molar-refractivity contribution in [3.8, 4) is 5.75 Å². The summed E-state index contributed by atoms with van der Waals surface area (Å²) in [5.74, 6) is 0.534. The molecule has 1 fully saturated rings. The van der Waals surface area contributed by atoms with Crippen LogP contribution in [0.5, 0.6) is 5.75 Å². The Hall–Kier alpha value is -3.22. The number of hydrogen-bond donors (Lipinski definition) is 2. The minimum atomic E-state index is -0.653. The van der Waals surface area contributed by atoms with Gasteiger partial charge >= 0.3 is 12.2 Å². The van der Waals surface area contributed by atoms with Crippen molar-refractivity contribution in [3.05, 3.63) is 65.2 Å². The smallest absolute Gasteiger partial charge is 0.410 e. The van der Waals surface area contributed by atoms with Crippen LogP contribution in [0, 0.1) is 0 Å². The number of phenolic OH excluding ortho intramolecular Hbond substituents is 1. The summed E-state index contributed by atoms with van der Waals surface area (Å²) in [5.41, 5.74) is 2.41. The van der Waals surface area contributed by atoms with Gasteiger partial charge in [-0.1, -0.05) is 50.2 Å². The zero-order valence-corrected chi connectivity index (χ0v) is 20.0. The molecule has 7 heteroatoms. The molecule has 2 aromatic carbocycles. The number of carbonyl (C=O) groups excluding carboxylic acids is 2. The molecule has 1 saturated heterocycles. The minimum Gasteiger partial charge on any atom is -0.508 e. The molecule has 0 bridgehead atoms. The second-order valence-corrected chi connectivity index (χ2v) is 9.83. The third-order valence-corrected chi connectivity index (χ3v) is 5.42.